The van der Waals surface area contributed by atoms with Crippen LogP contribution < -0.4 is 10.6 Å². The fourth-order valence-corrected chi connectivity index (χ4v) is 1.89. The third kappa shape index (κ3) is 2.82. The first kappa shape index (κ1) is 12.5. The number of aryl methyl sites for hydroxylation is 1. The van der Waals surface area contributed by atoms with Crippen molar-refractivity contribution in [3.63, 3.8) is 0 Å². The molecule has 0 amide bonds. The second kappa shape index (κ2) is 5.12. The Balaban J connectivity index is 2.06. The van der Waals surface area contributed by atoms with Gasteiger partial charge in [-0.15, -0.1) is 0 Å². The Labute approximate surface area is 107 Å². The molecule has 0 saturated carbocycles. The Bertz CT molecular complexity index is 473. The Morgan fingerprint density at radius 3 is 2.83 bits per heavy atom. The van der Waals surface area contributed by atoms with Crippen LogP contribution in [0.5, 0.6) is 0 Å². The predicted octanol–water partition coefficient (Wildman–Crippen LogP) is 0.636. The molecular formula is C12H20N6. The maximum atomic E-state index is 4.51. The second-order valence-corrected chi connectivity index (χ2v) is 4.49. The van der Waals surface area contributed by atoms with Crippen molar-refractivity contribution in [2.75, 3.05) is 14.1 Å². The molecule has 1 unspecified atom stereocenters. The van der Waals surface area contributed by atoms with E-state index in [0.29, 0.717) is 0 Å². The van der Waals surface area contributed by atoms with Crippen molar-refractivity contribution in [2.45, 2.75) is 26.6 Å². The summed E-state index contributed by atoms with van der Waals surface area (Å²) in [6.45, 7) is 4.83. The third-order valence-corrected chi connectivity index (χ3v) is 2.78. The standard InChI is InChI=1S/C12H20N6/c1-8-5-6-10(14-8)7-18(4)12-16-9(2)15-11(13-3)17-12/h5-6,9,14H,7H2,1-4H3,(H2,13,15,16,17). The number of guanidine groups is 2. The summed E-state index contributed by atoms with van der Waals surface area (Å²) in [5.74, 6) is 1.58. The first-order valence-corrected chi connectivity index (χ1v) is 6.02. The average molecular weight is 248 g/mol. The van der Waals surface area contributed by atoms with E-state index in [1.165, 1.54) is 11.4 Å². The van der Waals surface area contributed by atoms with Crippen LogP contribution >= 0.6 is 0 Å². The Morgan fingerprint density at radius 1 is 1.44 bits per heavy atom. The van der Waals surface area contributed by atoms with Gasteiger partial charge in [-0.1, -0.05) is 0 Å². The number of aromatic amines is 1. The number of nitrogens with one attached hydrogen (secondary N) is 3. The van der Waals surface area contributed by atoms with Crippen molar-refractivity contribution in [2.24, 2.45) is 9.98 Å². The van der Waals surface area contributed by atoms with Gasteiger partial charge in [0.25, 0.3) is 0 Å². The molecule has 2 rings (SSSR count). The van der Waals surface area contributed by atoms with Crippen molar-refractivity contribution in [1.29, 1.82) is 0 Å². The molecule has 1 atom stereocenters. The fourth-order valence-electron chi connectivity index (χ4n) is 1.89. The lowest BCUT2D eigenvalue weighted by molar-refractivity contribution is 0.465. The molecule has 0 aliphatic carbocycles. The zero-order valence-corrected chi connectivity index (χ0v) is 11.3. The lowest BCUT2D eigenvalue weighted by Gasteiger charge is -2.28. The first-order chi connectivity index (χ1) is 8.58. The molecule has 0 saturated heterocycles. The van der Waals surface area contributed by atoms with E-state index in [2.05, 4.69) is 42.6 Å². The molecular weight excluding hydrogens is 228 g/mol. The highest BCUT2D eigenvalue weighted by molar-refractivity contribution is 6.00. The SMILES string of the molecule is CN=C1NC(N(C)Cc2ccc(C)[nH]2)=NC(C)N1. The summed E-state index contributed by atoms with van der Waals surface area (Å²) in [5, 5.41) is 6.30. The second-order valence-electron chi connectivity index (χ2n) is 4.49. The van der Waals surface area contributed by atoms with Crippen LogP contribution in [-0.4, -0.2) is 42.1 Å². The average Bonchev–Trinajstić information content (AvgIpc) is 2.73. The summed E-state index contributed by atoms with van der Waals surface area (Å²) < 4.78 is 0. The van der Waals surface area contributed by atoms with Gasteiger partial charge in [0.05, 0.1) is 6.54 Å². The van der Waals surface area contributed by atoms with Gasteiger partial charge < -0.3 is 15.2 Å². The summed E-state index contributed by atoms with van der Waals surface area (Å²) in [6, 6.07) is 4.16. The minimum absolute atomic E-state index is 0.0350. The molecule has 2 heterocycles. The predicted molar refractivity (Wildman–Crippen MR) is 73.5 cm³/mol. The van der Waals surface area contributed by atoms with Gasteiger partial charge in [0, 0.05) is 25.5 Å². The highest BCUT2D eigenvalue weighted by Crippen LogP contribution is 2.05. The zero-order chi connectivity index (χ0) is 13.1. The summed E-state index contributed by atoms with van der Waals surface area (Å²) in [4.78, 5) is 14.0. The minimum Gasteiger partial charge on any atom is -0.361 e. The van der Waals surface area contributed by atoms with Crippen LogP contribution in [0, 0.1) is 6.92 Å². The normalized spacial score (nSPS) is 21.2. The summed E-state index contributed by atoms with van der Waals surface area (Å²) in [7, 11) is 3.76. The topological polar surface area (TPSA) is 67.8 Å². The molecule has 0 aromatic carbocycles. The van der Waals surface area contributed by atoms with Crippen LogP contribution in [0.1, 0.15) is 18.3 Å². The summed E-state index contributed by atoms with van der Waals surface area (Å²) >= 11 is 0. The van der Waals surface area contributed by atoms with Gasteiger partial charge in [0.1, 0.15) is 6.17 Å². The number of hydrogen-bond donors (Lipinski definition) is 3. The van der Waals surface area contributed by atoms with Crippen molar-refractivity contribution in [3.8, 4) is 0 Å². The number of H-pyrrole nitrogens is 1. The van der Waals surface area contributed by atoms with E-state index in [4.69, 9.17) is 0 Å². The molecule has 0 fully saturated rings. The van der Waals surface area contributed by atoms with E-state index in [9.17, 15) is 0 Å². The van der Waals surface area contributed by atoms with E-state index in [1.807, 2.05) is 20.9 Å². The Morgan fingerprint density at radius 2 is 2.22 bits per heavy atom. The highest BCUT2D eigenvalue weighted by Gasteiger charge is 2.17. The van der Waals surface area contributed by atoms with Gasteiger partial charge >= 0.3 is 0 Å². The molecule has 98 valence electrons. The van der Waals surface area contributed by atoms with Gasteiger partial charge in [-0.2, -0.15) is 0 Å². The number of aliphatic imine (C=N–C) groups is 2. The van der Waals surface area contributed by atoms with E-state index >= 15 is 0 Å². The largest absolute Gasteiger partial charge is 0.361 e. The fraction of sp³-hybridized carbons (Fsp3) is 0.500. The molecule has 0 bridgehead atoms. The molecule has 3 N–H and O–H groups in total. The molecule has 1 aromatic heterocycles. The molecule has 0 spiro atoms. The van der Waals surface area contributed by atoms with Crippen molar-refractivity contribution < 1.29 is 0 Å². The van der Waals surface area contributed by atoms with Gasteiger partial charge in [0.15, 0.2) is 5.96 Å². The van der Waals surface area contributed by atoms with Crippen LogP contribution in [0.2, 0.25) is 0 Å². The monoisotopic (exact) mass is 248 g/mol. The summed E-state index contributed by atoms with van der Waals surface area (Å²) in [5.41, 5.74) is 2.34. The van der Waals surface area contributed by atoms with Gasteiger partial charge in [-0.05, 0) is 26.0 Å². The number of rotatable bonds is 2. The lowest BCUT2D eigenvalue weighted by atomic mass is 10.4. The van der Waals surface area contributed by atoms with Crippen molar-refractivity contribution in [3.05, 3.63) is 23.5 Å². The van der Waals surface area contributed by atoms with E-state index < -0.39 is 0 Å². The Hall–Kier alpha value is -1.98. The number of nitrogens with zero attached hydrogens (tertiary/aromatic N) is 3. The van der Waals surface area contributed by atoms with Crippen LogP contribution in [0.15, 0.2) is 22.1 Å². The maximum absolute atomic E-state index is 4.51. The smallest absolute Gasteiger partial charge is 0.202 e. The molecule has 0 radical (unpaired) electrons. The van der Waals surface area contributed by atoms with Crippen LogP contribution in [0.4, 0.5) is 0 Å². The quantitative estimate of drug-likeness (QED) is 0.719. The first-order valence-electron chi connectivity index (χ1n) is 6.02. The lowest BCUT2D eigenvalue weighted by Crippen LogP contribution is -2.54. The zero-order valence-electron chi connectivity index (χ0n) is 11.3. The van der Waals surface area contributed by atoms with Crippen LogP contribution in [0.3, 0.4) is 0 Å². The van der Waals surface area contributed by atoms with Crippen LogP contribution in [-0.2, 0) is 6.54 Å². The number of aromatic nitrogens is 1. The Kier molecular flexibility index (Phi) is 3.55. The minimum atomic E-state index is 0.0350. The van der Waals surface area contributed by atoms with Crippen molar-refractivity contribution >= 4 is 11.9 Å². The van der Waals surface area contributed by atoms with E-state index in [1.54, 1.807) is 7.05 Å². The van der Waals surface area contributed by atoms with E-state index in [-0.39, 0.29) is 6.17 Å². The van der Waals surface area contributed by atoms with Gasteiger partial charge in [-0.25, -0.2) is 4.99 Å². The van der Waals surface area contributed by atoms with Crippen molar-refractivity contribution in [1.82, 2.24) is 20.5 Å². The molecule has 1 aromatic rings. The molecule has 6 nitrogen and oxygen atoms in total. The van der Waals surface area contributed by atoms with E-state index in [0.717, 1.165) is 18.5 Å². The molecule has 18 heavy (non-hydrogen) atoms. The molecule has 1 aliphatic rings. The maximum Gasteiger partial charge on any atom is 0.202 e. The van der Waals surface area contributed by atoms with Gasteiger partial charge in [0.2, 0.25) is 5.96 Å². The van der Waals surface area contributed by atoms with Gasteiger partial charge in [-0.3, -0.25) is 10.3 Å². The van der Waals surface area contributed by atoms with Crippen LogP contribution in [0.25, 0.3) is 0 Å². The highest BCUT2D eigenvalue weighted by atomic mass is 15.4. The summed E-state index contributed by atoms with van der Waals surface area (Å²) in [6.07, 6.45) is 0.0350. The number of hydrogen-bond acceptors (Lipinski definition) is 3. The molecule has 6 heteroatoms. The third-order valence-electron chi connectivity index (χ3n) is 2.78. The molecule has 1 aliphatic heterocycles.